The lowest BCUT2D eigenvalue weighted by Gasteiger charge is -2.39. The van der Waals surface area contributed by atoms with E-state index in [4.69, 9.17) is 0 Å². The fourth-order valence-corrected chi connectivity index (χ4v) is 5.23. The lowest BCUT2D eigenvalue weighted by molar-refractivity contribution is -0.0360. The van der Waals surface area contributed by atoms with E-state index in [0.717, 1.165) is 42.9 Å². The largest absolute Gasteiger partial charge is 0.390 e. The van der Waals surface area contributed by atoms with Crippen molar-refractivity contribution in [1.82, 2.24) is 0 Å². The van der Waals surface area contributed by atoms with Crippen LogP contribution in [0.25, 0.3) is 0 Å². The molecule has 3 aliphatic rings. The number of hydrogen-bond acceptors (Lipinski definition) is 1. The van der Waals surface area contributed by atoms with Crippen molar-refractivity contribution in [2.24, 2.45) is 23.7 Å². The number of hydrogen-bond donors (Lipinski definition) is 1. The predicted octanol–water partition coefficient (Wildman–Crippen LogP) is 4.53. The lowest BCUT2D eigenvalue weighted by atomic mass is 9.71. The third-order valence-electron chi connectivity index (χ3n) is 6.26. The molecule has 3 unspecified atom stereocenters. The molecule has 104 valence electrons. The van der Waals surface area contributed by atoms with E-state index in [9.17, 15) is 5.11 Å². The molecule has 3 rings (SSSR count). The van der Waals surface area contributed by atoms with Crippen LogP contribution in [0.2, 0.25) is 0 Å². The number of rotatable bonds is 4. The van der Waals surface area contributed by atoms with Crippen molar-refractivity contribution in [2.45, 2.75) is 83.2 Å². The summed E-state index contributed by atoms with van der Waals surface area (Å²) >= 11 is 0. The quantitative estimate of drug-likeness (QED) is 0.777. The van der Waals surface area contributed by atoms with Gasteiger partial charge in [0.15, 0.2) is 0 Å². The van der Waals surface area contributed by atoms with Crippen LogP contribution in [-0.2, 0) is 0 Å². The molecule has 1 heteroatoms. The molecular weight excluding hydrogens is 220 g/mol. The maximum absolute atomic E-state index is 10.8. The maximum atomic E-state index is 10.8. The fourth-order valence-electron chi connectivity index (χ4n) is 5.23. The van der Waals surface area contributed by atoms with Crippen LogP contribution in [0.1, 0.15) is 77.6 Å². The van der Waals surface area contributed by atoms with Crippen molar-refractivity contribution in [3.05, 3.63) is 0 Å². The second kappa shape index (κ2) is 5.15. The van der Waals surface area contributed by atoms with E-state index in [1.165, 1.54) is 51.4 Å². The van der Waals surface area contributed by atoms with E-state index >= 15 is 0 Å². The first-order valence-electron chi connectivity index (χ1n) is 8.41. The summed E-state index contributed by atoms with van der Waals surface area (Å²) in [6, 6.07) is 0. The molecule has 0 aromatic rings. The first-order chi connectivity index (χ1) is 8.68. The first-order valence-corrected chi connectivity index (χ1v) is 8.41. The molecule has 1 nitrogen and oxygen atoms in total. The Kier molecular flexibility index (Phi) is 3.71. The van der Waals surface area contributed by atoms with Crippen molar-refractivity contribution in [1.29, 1.82) is 0 Å². The van der Waals surface area contributed by atoms with Gasteiger partial charge < -0.3 is 5.11 Å². The molecule has 0 aromatic carbocycles. The second-order valence-corrected chi connectivity index (χ2v) is 7.60. The van der Waals surface area contributed by atoms with E-state index < -0.39 is 0 Å². The summed E-state index contributed by atoms with van der Waals surface area (Å²) in [5, 5.41) is 10.8. The molecule has 1 N–H and O–H groups in total. The van der Waals surface area contributed by atoms with E-state index in [1.807, 2.05) is 0 Å². The van der Waals surface area contributed by atoms with Crippen molar-refractivity contribution in [2.75, 3.05) is 0 Å². The second-order valence-electron chi connectivity index (χ2n) is 7.60. The Bertz CT molecular complexity index is 277. The van der Waals surface area contributed by atoms with Gasteiger partial charge in [-0.3, -0.25) is 0 Å². The molecule has 0 amide bonds. The van der Waals surface area contributed by atoms with E-state index in [-0.39, 0.29) is 5.60 Å². The molecule has 0 aromatic heterocycles. The normalized spacial score (nSPS) is 47.7. The summed E-state index contributed by atoms with van der Waals surface area (Å²) in [7, 11) is 0. The molecule has 3 atom stereocenters. The molecule has 2 bridgehead atoms. The molecule has 0 aliphatic heterocycles. The van der Waals surface area contributed by atoms with E-state index in [1.54, 1.807) is 0 Å². The Balaban J connectivity index is 1.50. The summed E-state index contributed by atoms with van der Waals surface area (Å²) in [6.45, 7) is 2.29. The molecule has 0 radical (unpaired) electrons. The van der Waals surface area contributed by atoms with Gasteiger partial charge in [0.05, 0.1) is 5.60 Å². The highest BCUT2D eigenvalue weighted by molar-refractivity contribution is 4.95. The highest BCUT2D eigenvalue weighted by Gasteiger charge is 2.44. The van der Waals surface area contributed by atoms with Gasteiger partial charge in [-0.05, 0) is 75.0 Å². The summed E-state index contributed by atoms with van der Waals surface area (Å²) < 4.78 is 0. The smallest absolute Gasteiger partial charge is 0.0650 e. The average Bonchev–Trinajstić information content (AvgIpc) is 2.94. The number of aliphatic hydroxyl groups is 1. The van der Waals surface area contributed by atoms with Crippen LogP contribution in [0.5, 0.6) is 0 Å². The Labute approximate surface area is 112 Å². The van der Waals surface area contributed by atoms with Crippen molar-refractivity contribution in [3.8, 4) is 0 Å². The van der Waals surface area contributed by atoms with Gasteiger partial charge in [-0.1, -0.05) is 26.2 Å². The summed E-state index contributed by atoms with van der Waals surface area (Å²) in [4.78, 5) is 0. The zero-order valence-electron chi connectivity index (χ0n) is 12.0. The molecule has 18 heavy (non-hydrogen) atoms. The molecule has 0 saturated heterocycles. The van der Waals surface area contributed by atoms with Gasteiger partial charge in [-0.25, -0.2) is 0 Å². The number of fused-ring (bicyclic) bond motifs is 2. The third-order valence-corrected chi connectivity index (χ3v) is 6.26. The van der Waals surface area contributed by atoms with Crippen molar-refractivity contribution < 1.29 is 5.11 Å². The molecule has 0 heterocycles. The molecule has 3 fully saturated rings. The van der Waals surface area contributed by atoms with Crippen LogP contribution in [0.15, 0.2) is 0 Å². The van der Waals surface area contributed by atoms with Crippen LogP contribution in [0, 0.1) is 23.7 Å². The van der Waals surface area contributed by atoms with Crippen molar-refractivity contribution in [3.63, 3.8) is 0 Å². The standard InChI is InChI=1S/C17H30O/c1-2-3-13-6-8-17(18,9-7-13)12-16-11-14-4-5-15(16)10-14/h13-16,18H,2-12H2,1H3. The van der Waals surface area contributed by atoms with Gasteiger partial charge in [0.1, 0.15) is 0 Å². The fraction of sp³-hybridized carbons (Fsp3) is 1.00. The third kappa shape index (κ3) is 2.61. The topological polar surface area (TPSA) is 20.2 Å². The Hall–Kier alpha value is -0.0400. The van der Waals surface area contributed by atoms with Gasteiger partial charge in [0.25, 0.3) is 0 Å². The lowest BCUT2D eigenvalue weighted by Crippen LogP contribution is -2.37. The predicted molar refractivity (Wildman–Crippen MR) is 75.4 cm³/mol. The summed E-state index contributed by atoms with van der Waals surface area (Å²) in [5.41, 5.74) is -0.278. The van der Waals surface area contributed by atoms with Gasteiger partial charge in [0.2, 0.25) is 0 Å². The minimum atomic E-state index is -0.278. The van der Waals surface area contributed by atoms with E-state index in [0.29, 0.717) is 0 Å². The van der Waals surface area contributed by atoms with Crippen LogP contribution < -0.4 is 0 Å². The minimum absolute atomic E-state index is 0.278. The zero-order chi connectivity index (χ0) is 12.6. The first kappa shape index (κ1) is 13.0. The molecule has 0 spiro atoms. The zero-order valence-corrected chi connectivity index (χ0v) is 12.0. The van der Waals surface area contributed by atoms with Crippen molar-refractivity contribution >= 4 is 0 Å². The van der Waals surface area contributed by atoms with Gasteiger partial charge in [-0.2, -0.15) is 0 Å². The Morgan fingerprint density at radius 1 is 1.06 bits per heavy atom. The van der Waals surface area contributed by atoms with Gasteiger partial charge in [-0.15, -0.1) is 0 Å². The minimum Gasteiger partial charge on any atom is -0.390 e. The monoisotopic (exact) mass is 250 g/mol. The van der Waals surface area contributed by atoms with E-state index in [2.05, 4.69) is 6.92 Å². The van der Waals surface area contributed by atoms with Gasteiger partial charge >= 0.3 is 0 Å². The SMILES string of the molecule is CCCC1CCC(O)(CC2CC3CCC2C3)CC1. The Morgan fingerprint density at radius 3 is 2.39 bits per heavy atom. The average molecular weight is 250 g/mol. The summed E-state index contributed by atoms with van der Waals surface area (Å²) in [5.74, 6) is 3.79. The Morgan fingerprint density at radius 2 is 1.83 bits per heavy atom. The van der Waals surface area contributed by atoms with Gasteiger partial charge in [0, 0.05) is 0 Å². The maximum Gasteiger partial charge on any atom is 0.0650 e. The molecule has 3 saturated carbocycles. The highest BCUT2D eigenvalue weighted by Crippen LogP contribution is 2.52. The highest BCUT2D eigenvalue weighted by atomic mass is 16.3. The van der Waals surface area contributed by atoms with Crippen LogP contribution >= 0.6 is 0 Å². The van der Waals surface area contributed by atoms with Crippen LogP contribution in [0.3, 0.4) is 0 Å². The summed E-state index contributed by atoms with van der Waals surface area (Å²) in [6.07, 6.45) is 14.4. The van der Waals surface area contributed by atoms with Crippen LogP contribution in [-0.4, -0.2) is 10.7 Å². The van der Waals surface area contributed by atoms with Crippen LogP contribution in [0.4, 0.5) is 0 Å². The molecular formula is C17H30O. The molecule has 3 aliphatic carbocycles.